The van der Waals surface area contributed by atoms with Crippen LogP contribution in [0.15, 0.2) is 36.4 Å². The quantitative estimate of drug-likeness (QED) is 0.873. The van der Waals surface area contributed by atoms with Crippen molar-refractivity contribution in [3.8, 4) is 16.9 Å². The lowest BCUT2D eigenvalue weighted by molar-refractivity contribution is 0.416. The van der Waals surface area contributed by atoms with Crippen LogP contribution in [0.25, 0.3) is 11.1 Å². The van der Waals surface area contributed by atoms with Crippen molar-refractivity contribution in [2.45, 2.75) is 40.3 Å². The Morgan fingerprint density at radius 1 is 1.00 bits per heavy atom. The maximum absolute atomic E-state index is 5.51. The number of methoxy groups -OCH3 is 1. The molecule has 0 aliphatic rings. The van der Waals surface area contributed by atoms with Crippen molar-refractivity contribution in [1.29, 1.82) is 0 Å². The summed E-state index contributed by atoms with van der Waals surface area (Å²) < 4.78 is 5.51. The normalized spacial score (nSPS) is 11.0. The average molecular weight is 283 g/mol. The Morgan fingerprint density at radius 2 is 1.76 bits per heavy atom. The molecule has 0 amide bonds. The topological polar surface area (TPSA) is 21.3 Å². The van der Waals surface area contributed by atoms with E-state index in [4.69, 9.17) is 4.74 Å². The highest BCUT2D eigenvalue weighted by Crippen LogP contribution is 2.33. The zero-order valence-corrected chi connectivity index (χ0v) is 13.7. The highest BCUT2D eigenvalue weighted by molar-refractivity contribution is 5.74. The number of hydrogen-bond donors (Lipinski definition) is 1. The number of ether oxygens (including phenoxy) is 1. The van der Waals surface area contributed by atoms with Crippen LogP contribution in [-0.2, 0) is 6.54 Å². The van der Waals surface area contributed by atoms with Gasteiger partial charge in [0.1, 0.15) is 5.75 Å². The van der Waals surface area contributed by atoms with Gasteiger partial charge in [0, 0.05) is 18.2 Å². The van der Waals surface area contributed by atoms with Crippen LogP contribution in [0.1, 0.15) is 30.5 Å². The molecule has 0 heterocycles. The largest absolute Gasteiger partial charge is 0.496 e. The van der Waals surface area contributed by atoms with Crippen LogP contribution < -0.4 is 10.1 Å². The van der Waals surface area contributed by atoms with Gasteiger partial charge in [0.25, 0.3) is 0 Å². The first-order chi connectivity index (χ1) is 10.0. The molecule has 0 spiro atoms. The van der Waals surface area contributed by atoms with Crippen molar-refractivity contribution in [1.82, 2.24) is 5.32 Å². The van der Waals surface area contributed by atoms with Gasteiger partial charge in [0.2, 0.25) is 0 Å². The van der Waals surface area contributed by atoms with E-state index in [-0.39, 0.29) is 0 Å². The molecule has 2 aromatic carbocycles. The lowest BCUT2D eigenvalue weighted by Gasteiger charge is -2.14. The van der Waals surface area contributed by atoms with Gasteiger partial charge in [-0.3, -0.25) is 0 Å². The molecule has 0 aliphatic carbocycles. The van der Waals surface area contributed by atoms with Crippen LogP contribution in [0.3, 0.4) is 0 Å². The highest BCUT2D eigenvalue weighted by Gasteiger charge is 2.09. The van der Waals surface area contributed by atoms with Gasteiger partial charge >= 0.3 is 0 Å². The molecule has 0 aliphatic heterocycles. The summed E-state index contributed by atoms with van der Waals surface area (Å²) in [4.78, 5) is 0. The third-order valence-electron chi connectivity index (χ3n) is 3.65. The van der Waals surface area contributed by atoms with Gasteiger partial charge < -0.3 is 10.1 Å². The van der Waals surface area contributed by atoms with Crippen LogP contribution in [0.5, 0.6) is 5.75 Å². The van der Waals surface area contributed by atoms with E-state index in [2.05, 4.69) is 63.3 Å². The molecule has 2 nitrogen and oxygen atoms in total. The van der Waals surface area contributed by atoms with E-state index in [0.29, 0.717) is 6.04 Å². The Bertz CT molecular complexity index is 617. The van der Waals surface area contributed by atoms with Crippen LogP contribution in [-0.4, -0.2) is 13.2 Å². The van der Waals surface area contributed by atoms with E-state index in [1.54, 1.807) is 7.11 Å². The molecule has 2 heteroatoms. The molecule has 0 saturated carbocycles. The van der Waals surface area contributed by atoms with E-state index in [0.717, 1.165) is 12.3 Å². The fourth-order valence-electron chi connectivity index (χ4n) is 2.49. The summed E-state index contributed by atoms with van der Waals surface area (Å²) in [6.45, 7) is 9.51. The Hall–Kier alpha value is -1.80. The molecule has 0 bridgehead atoms. The van der Waals surface area contributed by atoms with Gasteiger partial charge in [0.05, 0.1) is 7.11 Å². The number of benzene rings is 2. The van der Waals surface area contributed by atoms with Gasteiger partial charge in [0.15, 0.2) is 0 Å². The molecule has 0 radical (unpaired) electrons. The summed E-state index contributed by atoms with van der Waals surface area (Å²) in [7, 11) is 1.73. The summed E-state index contributed by atoms with van der Waals surface area (Å²) >= 11 is 0. The lowest BCUT2D eigenvalue weighted by atomic mass is 9.96. The molecule has 0 aromatic heterocycles. The summed E-state index contributed by atoms with van der Waals surface area (Å²) in [6, 6.07) is 13.5. The Kier molecular flexibility index (Phi) is 5.03. The summed E-state index contributed by atoms with van der Waals surface area (Å²) in [5, 5.41) is 3.46. The van der Waals surface area contributed by atoms with Gasteiger partial charge in [-0.05, 0) is 42.7 Å². The summed E-state index contributed by atoms with van der Waals surface area (Å²) in [5.41, 5.74) is 6.25. The van der Waals surface area contributed by atoms with Crippen LogP contribution >= 0.6 is 0 Å². The van der Waals surface area contributed by atoms with Crippen molar-refractivity contribution in [3.63, 3.8) is 0 Å². The van der Waals surface area contributed by atoms with Crippen molar-refractivity contribution >= 4 is 0 Å². The maximum Gasteiger partial charge on any atom is 0.126 e. The number of rotatable bonds is 5. The van der Waals surface area contributed by atoms with E-state index < -0.39 is 0 Å². The minimum absolute atomic E-state index is 0.502. The minimum atomic E-state index is 0.502. The fourth-order valence-corrected chi connectivity index (χ4v) is 2.49. The predicted octanol–water partition coefficient (Wildman–Crippen LogP) is 4.48. The first-order valence-corrected chi connectivity index (χ1v) is 7.49. The molecule has 112 valence electrons. The molecule has 21 heavy (non-hydrogen) atoms. The summed E-state index contributed by atoms with van der Waals surface area (Å²) in [5.74, 6) is 0.928. The molecular formula is C19H25NO. The number of hydrogen-bond acceptors (Lipinski definition) is 2. The highest BCUT2D eigenvalue weighted by atomic mass is 16.5. The number of nitrogens with one attached hydrogen (secondary N) is 1. The molecule has 2 aromatic rings. The van der Waals surface area contributed by atoms with Crippen LogP contribution in [0.2, 0.25) is 0 Å². The third-order valence-corrected chi connectivity index (χ3v) is 3.65. The van der Waals surface area contributed by atoms with Crippen molar-refractivity contribution in [3.05, 3.63) is 53.1 Å². The average Bonchev–Trinajstić information content (AvgIpc) is 2.45. The zero-order chi connectivity index (χ0) is 15.4. The predicted molar refractivity (Wildman–Crippen MR) is 89.9 cm³/mol. The van der Waals surface area contributed by atoms with E-state index >= 15 is 0 Å². The minimum Gasteiger partial charge on any atom is -0.496 e. The smallest absolute Gasteiger partial charge is 0.126 e. The van der Waals surface area contributed by atoms with Crippen molar-refractivity contribution in [2.24, 2.45) is 0 Å². The monoisotopic (exact) mass is 283 g/mol. The van der Waals surface area contributed by atoms with Crippen LogP contribution in [0, 0.1) is 13.8 Å². The van der Waals surface area contributed by atoms with Gasteiger partial charge in [-0.2, -0.15) is 0 Å². The van der Waals surface area contributed by atoms with Gasteiger partial charge in [-0.25, -0.2) is 0 Å². The third kappa shape index (κ3) is 3.85. The maximum atomic E-state index is 5.51. The Morgan fingerprint density at radius 3 is 2.38 bits per heavy atom. The second-order valence-electron chi connectivity index (χ2n) is 5.89. The Balaban J connectivity index is 2.35. The molecule has 0 unspecified atom stereocenters. The first-order valence-electron chi connectivity index (χ1n) is 7.49. The number of aryl methyl sites for hydroxylation is 2. The SMILES string of the molecule is COc1ccc(C)cc1-c1ccc(CNC(C)C)cc1C. The van der Waals surface area contributed by atoms with E-state index in [1.165, 1.54) is 27.8 Å². The molecular weight excluding hydrogens is 258 g/mol. The van der Waals surface area contributed by atoms with Gasteiger partial charge in [-0.15, -0.1) is 0 Å². The molecule has 2 rings (SSSR count). The Labute approximate surface area is 128 Å². The van der Waals surface area contributed by atoms with E-state index in [1.807, 2.05) is 6.07 Å². The molecule has 0 atom stereocenters. The first kappa shape index (κ1) is 15.6. The molecule has 0 saturated heterocycles. The molecule has 1 N–H and O–H groups in total. The van der Waals surface area contributed by atoms with Crippen molar-refractivity contribution in [2.75, 3.05) is 7.11 Å². The zero-order valence-electron chi connectivity index (χ0n) is 13.7. The lowest BCUT2D eigenvalue weighted by Crippen LogP contribution is -2.21. The fraction of sp³-hybridized carbons (Fsp3) is 0.368. The standard InChI is InChI=1S/C19H25NO/c1-13(2)20-12-16-7-8-17(15(4)11-16)18-10-14(3)6-9-19(18)21-5/h6-11,13,20H,12H2,1-5H3. The second-order valence-corrected chi connectivity index (χ2v) is 5.89. The second kappa shape index (κ2) is 6.77. The summed E-state index contributed by atoms with van der Waals surface area (Å²) in [6.07, 6.45) is 0. The van der Waals surface area contributed by atoms with Crippen LogP contribution in [0.4, 0.5) is 0 Å². The van der Waals surface area contributed by atoms with Crippen molar-refractivity contribution < 1.29 is 4.74 Å². The molecule has 0 fully saturated rings. The van der Waals surface area contributed by atoms with Gasteiger partial charge in [-0.1, -0.05) is 43.7 Å². The van der Waals surface area contributed by atoms with E-state index in [9.17, 15) is 0 Å².